The van der Waals surface area contributed by atoms with E-state index in [4.69, 9.17) is 4.74 Å². The van der Waals surface area contributed by atoms with Crippen molar-refractivity contribution in [1.29, 1.82) is 0 Å². The lowest BCUT2D eigenvalue weighted by Crippen LogP contribution is -2.42. The number of carbonyl (C=O) groups is 1. The lowest BCUT2D eigenvalue weighted by atomic mass is 10.2. The molecular weight excluding hydrogens is 290 g/mol. The lowest BCUT2D eigenvalue weighted by Gasteiger charge is -2.22. The fourth-order valence-corrected chi connectivity index (χ4v) is 3.25. The standard InChI is InChI=1S/C15H23NO4S/c1-10-7-8-13(11(2)9-10)21(18,19)16-12(3)14(17)20-15(4,5)6/h7-9,12,16H,1-6H3/t12-/m1/s1. The van der Waals surface area contributed by atoms with Crippen molar-refractivity contribution in [2.24, 2.45) is 0 Å². The van der Waals surface area contributed by atoms with Gasteiger partial charge in [-0.05, 0) is 53.2 Å². The first-order chi connectivity index (χ1) is 9.42. The summed E-state index contributed by atoms with van der Waals surface area (Å²) in [6.07, 6.45) is 0. The molecule has 0 amide bonds. The van der Waals surface area contributed by atoms with Gasteiger partial charge in [-0.15, -0.1) is 0 Å². The van der Waals surface area contributed by atoms with E-state index in [-0.39, 0.29) is 4.90 Å². The number of rotatable bonds is 4. The zero-order chi connectivity index (χ0) is 16.4. The molecule has 1 rings (SSSR count). The second kappa shape index (κ2) is 6.15. The van der Waals surface area contributed by atoms with Gasteiger partial charge in [0.05, 0.1) is 4.90 Å². The first-order valence-corrected chi connectivity index (χ1v) is 8.23. The van der Waals surface area contributed by atoms with Crippen LogP contribution in [0.3, 0.4) is 0 Å². The third-order valence-corrected chi connectivity index (χ3v) is 4.41. The van der Waals surface area contributed by atoms with Crippen LogP contribution >= 0.6 is 0 Å². The number of carbonyl (C=O) groups excluding carboxylic acids is 1. The highest BCUT2D eigenvalue weighted by Gasteiger charge is 2.27. The van der Waals surface area contributed by atoms with E-state index in [9.17, 15) is 13.2 Å². The van der Waals surface area contributed by atoms with E-state index in [1.807, 2.05) is 6.92 Å². The van der Waals surface area contributed by atoms with Crippen LogP contribution < -0.4 is 4.72 Å². The van der Waals surface area contributed by atoms with Gasteiger partial charge in [0.15, 0.2) is 0 Å². The summed E-state index contributed by atoms with van der Waals surface area (Å²) in [5.41, 5.74) is 0.960. The number of esters is 1. The maximum atomic E-state index is 12.3. The van der Waals surface area contributed by atoms with E-state index in [1.54, 1.807) is 39.8 Å². The van der Waals surface area contributed by atoms with Crippen LogP contribution in [0.4, 0.5) is 0 Å². The minimum absolute atomic E-state index is 0.170. The van der Waals surface area contributed by atoms with Gasteiger partial charge in [0.1, 0.15) is 11.6 Å². The summed E-state index contributed by atoms with van der Waals surface area (Å²) in [4.78, 5) is 12.0. The maximum Gasteiger partial charge on any atom is 0.324 e. The van der Waals surface area contributed by atoms with Crippen molar-refractivity contribution in [2.75, 3.05) is 0 Å². The van der Waals surface area contributed by atoms with Crippen molar-refractivity contribution in [3.63, 3.8) is 0 Å². The predicted octanol–water partition coefficient (Wildman–Crippen LogP) is 2.31. The summed E-state index contributed by atoms with van der Waals surface area (Å²) in [5, 5.41) is 0. The van der Waals surface area contributed by atoms with Crippen LogP contribution in [-0.4, -0.2) is 26.0 Å². The van der Waals surface area contributed by atoms with Crippen LogP contribution in [0.1, 0.15) is 38.8 Å². The molecule has 0 saturated heterocycles. The number of ether oxygens (including phenoxy) is 1. The van der Waals surface area contributed by atoms with E-state index in [0.29, 0.717) is 5.56 Å². The molecule has 0 fully saturated rings. The molecule has 1 aromatic rings. The van der Waals surface area contributed by atoms with Crippen molar-refractivity contribution in [3.05, 3.63) is 29.3 Å². The zero-order valence-corrected chi connectivity index (χ0v) is 14.2. The topological polar surface area (TPSA) is 72.5 Å². The summed E-state index contributed by atoms with van der Waals surface area (Å²) in [5.74, 6) is -0.601. The van der Waals surface area contributed by atoms with E-state index >= 15 is 0 Å². The molecule has 0 aromatic heterocycles. The molecule has 0 aliphatic heterocycles. The Morgan fingerprint density at radius 1 is 1.24 bits per heavy atom. The Morgan fingerprint density at radius 2 is 1.81 bits per heavy atom. The van der Waals surface area contributed by atoms with Crippen molar-refractivity contribution >= 4 is 16.0 Å². The number of aryl methyl sites for hydroxylation is 2. The normalized spacial score (nSPS) is 13.8. The van der Waals surface area contributed by atoms with Gasteiger partial charge in [0.2, 0.25) is 10.0 Å². The van der Waals surface area contributed by atoms with Crippen molar-refractivity contribution in [1.82, 2.24) is 4.72 Å². The summed E-state index contributed by atoms with van der Waals surface area (Å²) >= 11 is 0. The number of nitrogens with one attached hydrogen (secondary N) is 1. The minimum atomic E-state index is -3.76. The van der Waals surface area contributed by atoms with Crippen molar-refractivity contribution in [2.45, 2.75) is 58.1 Å². The summed E-state index contributed by atoms with van der Waals surface area (Å²) < 4.78 is 32.2. The largest absolute Gasteiger partial charge is 0.459 e. The van der Waals surface area contributed by atoms with Crippen LogP contribution in [0.5, 0.6) is 0 Å². The number of sulfonamides is 1. The van der Waals surface area contributed by atoms with Gasteiger partial charge in [-0.25, -0.2) is 8.42 Å². The van der Waals surface area contributed by atoms with Crippen LogP contribution in [0.2, 0.25) is 0 Å². The molecule has 0 aliphatic rings. The summed E-state index contributed by atoms with van der Waals surface area (Å²) in [6, 6.07) is 4.09. The number of hydrogen-bond donors (Lipinski definition) is 1. The van der Waals surface area contributed by atoms with Gasteiger partial charge in [0.25, 0.3) is 0 Å². The monoisotopic (exact) mass is 313 g/mol. The molecule has 1 aromatic carbocycles. The summed E-state index contributed by atoms with van der Waals surface area (Å²) in [7, 11) is -3.76. The van der Waals surface area contributed by atoms with Crippen molar-refractivity contribution < 1.29 is 17.9 Å². The highest BCUT2D eigenvalue weighted by atomic mass is 32.2. The Balaban J connectivity index is 2.92. The molecular formula is C15H23NO4S. The molecule has 0 saturated carbocycles. The molecule has 118 valence electrons. The minimum Gasteiger partial charge on any atom is -0.459 e. The Kier molecular flexibility index (Phi) is 5.17. The number of hydrogen-bond acceptors (Lipinski definition) is 4. The molecule has 6 heteroatoms. The highest BCUT2D eigenvalue weighted by Crippen LogP contribution is 2.17. The highest BCUT2D eigenvalue weighted by molar-refractivity contribution is 7.89. The van der Waals surface area contributed by atoms with E-state index < -0.39 is 27.6 Å². The fourth-order valence-electron chi connectivity index (χ4n) is 1.84. The van der Waals surface area contributed by atoms with E-state index in [0.717, 1.165) is 5.56 Å². The maximum absolute atomic E-state index is 12.3. The van der Waals surface area contributed by atoms with Crippen LogP contribution in [0.15, 0.2) is 23.1 Å². The molecule has 21 heavy (non-hydrogen) atoms. The van der Waals surface area contributed by atoms with Gasteiger partial charge < -0.3 is 4.74 Å². The average molecular weight is 313 g/mol. The molecule has 1 N–H and O–H groups in total. The quantitative estimate of drug-likeness (QED) is 0.866. The SMILES string of the molecule is Cc1ccc(S(=O)(=O)N[C@H](C)C(=O)OC(C)(C)C)c(C)c1. The van der Waals surface area contributed by atoms with Gasteiger partial charge in [-0.3, -0.25) is 4.79 Å². The zero-order valence-electron chi connectivity index (χ0n) is 13.4. The summed E-state index contributed by atoms with van der Waals surface area (Å²) in [6.45, 7) is 10.3. The second-order valence-corrected chi connectivity index (χ2v) is 7.83. The molecule has 0 heterocycles. The average Bonchev–Trinajstić information content (AvgIpc) is 2.24. The Bertz CT molecular complexity index is 630. The lowest BCUT2D eigenvalue weighted by molar-refractivity contribution is -0.156. The smallest absolute Gasteiger partial charge is 0.324 e. The first-order valence-electron chi connectivity index (χ1n) is 6.75. The predicted molar refractivity (Wildman–Crippen MR) is 81.5 cm³/mol. The number of benzene rings is 1. The molecule has 1 atom stereocenters. The van der Waals surface area contributed by atoms with Crippen LogP contribution in [0.25, 0.3) is 0 Å². The Labute approximate surface area is 126 Å². The van der Waals surface area contributed by atoms with E-state index in [2.05, 4.69) is 4.72 Å². The van der Waals surface area contributed by atoms with Crippen molar-refractivity contribution in [3.8, 4) is 0 Å². The van der Waals surface area contributed by atoms with Crippen LogP contribution in [-0.2, 0) is 19.6 Å². The molecule has 0 radical (unpaired) electrons. The van der Waals surface area contributed by atoms with Gasteiger partial charge >= 0.3 is 5.97 Å². The second-order valence-electron chi connectivity index (χ2n) is 6.15. The van der Waals surface area contributed by atoms with Crippen LogP contribution in [0, 0.1) is 13.8 Å². The molecule has 0 unspecified atom stereocenters. The van der Waals surface area contributed by atoms with Gasteiger partial charge in [0, 0.05) is 0 Å². The van der Waals surface area contributed by atoms with Gasteiger partial charge in [-0.2, -0.15) is 4.72 Å². The molecule has 0 bridgehead atoms. The third kappa shape index (κ3) is 5.13. The van der Waals surface area contributed by atoms with Gasteiger partial charge in [-0.1, -0.05) is 17.7 Å². The molecule has 0 spiro atoms. The fraction of sp³-hybridized carbons (Fsp3) is 0.533. The Hall–Kier alpha value is -1.40. The molecule has 5 nitrogen and oxygen atoms in total. The first kappa shape index (κ1) is 17.7. The Morgan fingerprint density at radius 3 is 2.29 bits per heavy atom. The van der Waals surface area contributed by atoms with E-state index in [1.165, 1.54) is 13.0 Å². The third-order valence-electron chi connectivity index (χ3n) is 2.71. The molecule has 0 aliphatic carbocycles.